The Morgan fingerprint density at radius 2 is 1.85 bits per heavy atom. The molecule has 27 heavy (non-hydrogen) atoms. The largest absolute Gasteiger partial charge is 0.492 e. The molecule has 0 radical (unpaired) electrons. The standard InChI is InChI=1S/C22H27FN2O2/c23-21-11-10-19(27-13-12-25-15-16-4-2-1-3-5-16)14-20(21)17-6-8-18(9-7-17)22(24)26/h6-11,14,16,25H,1-5,12-13,15H2,(H2,24,26). The molecule has 3 N–H and O–H groups in total. The number of carbonyl (C=O) groups is 1. The number of rotatable bonds is 8. The summed E-state index contributed by atoms with van der Waals surface area (Å²) in [6.07, 6.45) is 6.72. The number of primary amides is 1. The fourth-order valence-electron chi connectivity index (χ4n) is 3.57. The van der Waals surface area contributed by atoms with Crippen molar-refractivity contribution in [1.29, 1.82) is 0 Å². The fraction of sp³-hybridized carbons (Fsp3) is 0.409. The number of benzene rings is 2. The SMILES string of the molecule is NC(=O)c1ccc(-c2cc(OCCNCC3CCCCC3)ccc2F)cc1. The number of hydrogen-bond acceptors (Lipinski definition) is 3. The minimum atomic E-state index is -0.500. The molecule has 1 aliphatic carbocycles. The van der Waals surface area contributed by atoms with Crippen molar-refractivity contribution in [2.75, 3.05) is 19.7 Å². The summed E-state index contributed by atoms with van der Waals surface area (Å²) < 4.78 is 20.0. The Bertz CT molecular complexity index is 755. The van der Waals surface area contributed by atoms with Crippen LogP contribution in [0.1, 0.15) is 42.5 Å². The summed E-state index contributed by atoms with van der Waals surface area (Å²) in [7, 11) is 0. The van der Waals surface area contributed by atoms with Crippen LogP contribution in [0.25, 0.3) is 11.1 Å². The molecule has 2 aromatic rings. The monoisotopic (exact) mass is 370 g/mol. The van der Waals surface area contributed by atoms with Gasteiger partial charge in [0.25, 0.3) is 0 Å². The van der Waals surface area contributed by atoms with Crippen molar-refractivity contribution in [1.82, 2.24) is 5.32 Å². The maximum absolute atomic E-state index is 14.2. The van der Waals surface area contributed by atoms with Gasteiger partial charge in [0.1, 0.15) is 18.2 Å². The Hall–Kier alpha value is -2.40. The van der Waals surface area contributed by atoms with E-state index in [1.54, 1.807) is 36.4 Å². The van der Waals surface area contributed by atoms with Crippen molar-refractivity contribution in [2.24, 2.45) is 11.7 Å². The number of carbonyl (C=O) groups excluding carboxylic acids is 1. The lowest BCUT2D eigenvalue weighted by atomic mass is 9.89. The van der Waals surface area contributed by atoms with Gasteiger partial charge < -0.3 is 15.8 Å². The Balaban J connectivity index is 1.52. The zero-order valence-corrected chi connectivity index (χ0v) is 15.5. The van der Waals surface area contributed by atoms with Crippen LogP contribution in [0.5, 0.6) is 5.75 Å². The van der Waals surface area contributed by atoms with E-state index in [4.69, 9.17) is 10.5 Å². The predicted octanol–water partition coefficient (Wildman–Crippen LogP) is 4.14. The van der Waals surface area contributed by atoms with E-state index in [0.29, 0.717) is 29.0 Å². The van der Waals surface area contributed by atoms with Gasteiger partial charge in [-0.1, -0.05) is 31.4 Å². The van der Waals surface area contributed by atoms with E-state index in [1.165, 1.54) is 38.2 Å². The Morgan fingerprint density at radius 1 is 1.11 bits per heavy atom. The number of nitrogens with one attached hydrogen (secondary N) is 1. The molecule has 0 heterocycles. The summed E-state index contributed by atoms with van der Waals surface area (Å²) in [4.78, 5) is 11.2. The topological polar surface area (TPSA) is 64.4 Å². The maximum Gasteiger partial charge on any atom is 0.248 e. The molecule has 0 bridgehead atoms. The highest BCUT2D eigenvalue weighted by molar-refractivity contribution is 5.93. The number of amides is 1. The quantitative estimate of drug-likeness (QED) is 0.687. The molecule has 0 aliphatic heterocycles. The van der Waals surface area contributed by atoms with Crippen LogP contribution in [0, 0.1) is 11.7 Å². The second-order valence-corrected chi connectivity index (χ2v) is 7.14. The normalized spacial score (nSPS) is 14.9. The van der Waals surface area contributed by atoms with Gasteiger partial charge in [-0.3, -0.25) is 4.79 Å². The van der Waals surface area contributed by atoms with E-state index < -0.39 is 5.91 Å². The minimum Gasteiger partial charge on any atom is -0.492 e. The molecule has 1 aliphatic rings. The van der Waals surface area contributed by atoms with E-state index in [0.717, 1.165) is 19.0 Å². The van der Waals surface area contributed by atoms with Crippen LogP contribution in [-0.2, 0) is 0 Å². The lowest BCUT2D eigenvalue weighted by molar-refractivity contribution is 0.100. The molecule has 1 fully saturated rings. The molecule has 144 valence electrons. The molecular weight excluding hydrogens is 343 g/mol. The van der Waals surface area contributed by atoms with Crippen LogP contribution in [0.2, 0.25) is 0 Å². The van der Waals surface area contributed by atoms with Crippen molar-refractivity contribution < 1.29 is 13.9 Å². The van der Waals surface area contributed by atoms with Gasteiger partial charge in [-0.2, -0.15) is 0 Å². The summed E-state index contributed by atoms with van der Waals surface area (Å²) >= 11 is 0. The Morgan fingerprint density at radius 3 is 2.56 bits per heavy atom. The highest BCUT2D eigenvalue weighted by atomic mass is 19.1. The molecule has 0 unspecified atom stereocenters. The first-order valence-corrected chi connectivity index (χ1v) is 9.67. The van der Waals surface area contributed by atoms with Crippen LogP contribution in [0.3, 0.4) is 0 Å². The summed E-state index contributed by atoms with van der Waals surface area (Å²) in [5, 5.41) is 3.46. The molecule has 5 heteroatoms. The molecule has 0 spiro atoms. The minimum absolute atomic E-state index is 0.329. The third-order valence-electron chi connectivity index (χ3n) is 5.12. The van der Waals surface area contributed by atoms with Crippen molar-refractivity contribution in [3.05, 3.63) is 53.8 Å². The summed E-state index contributed by atoms with van der Waals surface area (Å²) in [5.41, 5.74) is 6.77. The van der Waals surface area contributed by atoms with Gasteiger partial charge in [-0.25, -0.2) is 4.39 Å². The third-order valence-corrected chi connectivity index (χ3v) is 5.12. The third kappa shape index (κ3) is 5.54. The average molecular weight is 370 g/mol. The van der Waals surface area contributed by atoms with Crippen molar-refractivity contribution in [3.8, 4) is 16.9 Å². The summed E-state index contributed by atoms with van der Waals surface area (Å²) in [5.74, 6) is 0.592. The zero-order chi connectivity index (χ0) is 19.1. The molecule has 0 atom stereocenters. The molecule has 0 saturated heterocycles. The highest BCUT2D eigenvalue weighted by Crippen LogP contribution is 2.27. The number of halogens is 1. The molecule has 1 amide bonds. The zero-order valence-electron chi connectivity index (χ0n) is 15.5. The van der Waals surface area contributed by atoms with Gasteiger partial charge in [0, 0.05) is 17.7 Å². The Labute approximate surface area is 159 Å². The van der Waals surface area contributed by atoms with Crippen molar-refractivity contribution in [2.45, 2.75) is 32.1 Å². The van der Waals surface area contributed by atoms with Crippen LogP contribution in [-0.4, -0.2) is 25.6 Å². The first-order valence-electron chi connectivity index (χ1n) is 9.67. The van der Waals surface area contributed by atoms with Gasteiger partial charge in [-0.05, 0) is 61.2 Å². The molecule has 2 aromatic carbocycles. The van der Waals surface area contributed by atoms with Gasteiger partial charge in [0.2, 0.25) is 5.91 Å². The van der Waals surface area contributed by atoms with Crippen LogP contribution < -0.4 is 15.8 Å². The van der Waals surface area contributed by atoms with Crippen LogP contribution >= 0.6 is 0 Å². The Kier molecular flexibility index (Phi) is 6.82. The number of ether oxygens (including phenoxy) is 1. The van der Waals surface area contributed by atoms with Crippen molar-refractivity contribution in [3.63, 3.8) is 0 Å². The summed E-state index contributed by atoms with van der Waals surface area (Å²) in [6, 6.07) is 11.3. The van der Waals surface area contributed by atoms with Crippen LogP contribution in [0.4, 0.5) is 4.39 Å². The number of nitrogens with two attached hydrogens (primary N) is 1. The van der Waals surface area contributed by atoms with E-state index in [1.807, 2.05) is 0 Å². The average Bonchev–Trinajstić information content (AvgIpc) is 2.70. The van der Waals surface area contributed by atoms with Gasteiger partial charge >= 0.3 is 0 Å². The molecule has 4 nitrogen and oxygen atoms in total. The van der Waals surface area contributed by atoms with Crippen molar-refractivity contribution >= 4 is 5.91 Å². The lowest BCUT2D eigenvalue weighted by Crippen LogP contribution is -2.28. The first-order chi connectivity index (χ1) is 13.1. The second-order valence-electron chi connectivity index (χ2n) is 7.14. The molecule has 1 saturated carbocycles. The van der Waals surface area contributed by atoms with Gasteiger partial charge in [-0.15, -0.1) is 0 Å². The summed E-state index contributed by atoms with van der Waals surface area (Å²) in [6.45, 7) is 2.36. The first kappa shape index (κ1) is 19.4. The number of hydrogen-bond donors (Lipinski definition) is 2. The highest BCUT2D eigenvalue weighted by Gasteiger charge is 2.12. The van der Waals surface area contributed by atoms with E-state index >= 15 is 0 Å². The second kappa shape index (κ2) is 9.51. The van der Waals surface area contributed by atoms with Gasteiger partial charge in [0.05, 0.1) is 0 Å². The smallest absolute Gasteiger partial charge is 0.248 e. The molecular formula is C22H27FN2O2. The van der Waals surface area contributed by atoms with E-state index in [-0.39, 0.29) is 5.82 Å². The lowest BCUT2D eigenvalue weighted by Gasteiger charge is -2.21. The molecule has 0 aromatic heterocycles. The fourth-order valence-corrected chi connectivity index (χ4v) is 3.57. The maximum atomic E-state index is 14.2. The predicted molar refractivity (Wildman–Crippen MR) is 105 cm³/mol. The van der Waals surface area contributed by atoms with Gasteiger partial charge in [0.15, 0.2) is 0 Å². The molecule has 3 rings (SSSR count). The van der Waals surface area contributed by atoms with E-state index in [9.17, 15) is 9.18 Å². The van der Waals surface area contributed by atoms with E-state index in [2.05, 4.69) is 5.32 Å². The van der Waals surface area contributed by atoms with Crippen LogP contribution in [0.15, 0.2) is 42.5 Å².